The summed E-state index contributed by atoms with van der Waals surface area (Å²) in [5.74, 6) is 0.148. The molecule has 0 amide bonds. The van der Waals surface area contributed by atoms with Crippen LogP contribution in [0.15, 0.2) is 0 Å². The third-order valence-electron chi connectivity index (χ3n) is 1.97. The zero-order valence-electron chi connectivity index (χ0n) is 8.84. The first-order valence-corrected chi connectivity index (χ1v) is 4.42. The Kier molecular flexibility index (Phi) is 2.86. The predicted molar refractivity (Wildman–Crippen MR) is 49.2 cm³/mol. The van der Waals surface area contributed by atoms with E-state index in [1.807, 2.05) is 20.8 Å². The first-order valence-electron chi connectivity index (χ1n) is 4.42. The van der Waals surface area contributed by atoms with Crippen molar-refractivity contribution in [2.45, 2.75) is 33.0 Å². The number of rotatable bonds is 2. The second kappa shape index (κ2) is 3.62. The van der Waals surface area contributed by atoms with Gasteiger partial charge in [0.2, 0.25) is 5.82 Å². The van der Waals surface area contributed by atoms with Crippen LogP contribution in [-0.2, 0) is 7.05 Å². The number of tetrazole rings is 1. The van der Waals surface area contributed by atoms with Crippen LogP contribution in [0.2, 0.25) is 0 Å². The summed E-state index contributed by atoms with van der Waals surface area (Å²) in [7, 11) is 1.60. The minimum atomic E-state index is -1.09. The van der Waals surface area contributed by atoms with Gasteiger partial charge in [0.25, 0.3) is 0 Å². The summed E-state index contributed by atoms with van der Waals surface area (Å²) >= 11 is 0. The molecular formula is C8H16N4O2. The summed E-state index contributed by atoms with van der Waals surface area (Å²) in [6, 6.07) is 0. The molecule has 14 heavy (non-hydrogen) atoms. The van der Waals surface area contributed by atoms with E-state index in [1.165, 1.54) is 4.80 Å². The lowest BCUT2D eigenvalue weighted by Crippen LogP contribution is -2.33. The first kappa shape index (κ1) is 11.1. The largest absolute Gasteiger partial charge is 0.389 e. The van der Waals surface area contributed by atoms with Crippen molar-refractivity contribution in [3.8, 4) is 0 Å². The molecule has 1 rings (SSSR count). The van der Waals surface area contributed by atoms with E-state index in [4.69, 9.17) is 0 Å². The number of aryl methyl sites for hydroxylation is 1. The molecule has 1 aromatic rings. The molecule has 1 heterocycles. The molecule has 6 nitrogen and oxygen atoms in total. The summed E-state index contributed by atoms with van der Waals surface area (Å²) in [5, 5.41) is 30.5. The van der Waals surface area contributed by atoms with E-state index in [2.05, 4.69) is 15.4 Å². The van der Waals surface area contributed by atoms with E-state index in [1.54, 1.807) is 7.05 Å². The number of hydrogen-bond acceptors (Lipinski definition) is 5. The van der Waals surface area contributed by atoms with E-state index in [0.717, 1.165) is 0 Å². The molecule has 0 radical (unpaired) electrons. The van der Waals surface area contributed by atoms with Gasteiger partial charge in [0.05, 0.1) is 13.2 Å². The third-order valence-corrected chi connectivity index (χ3v) is 1.97. The molecule has 1 aromatic heterocycles. The Labute approximate surface area is 82.6 Å². The minimum Gasteiger partial charge on any atom is -0.389 e. The molecule has 0 spiro atoms. The van der Waals surface area contributed by atoms with Gasteiger partial charge in [0.1, 0.15) is 6.10 Å². The normalized spacial score (nSPS) is 16.7. The smallest absolute Gasteiger partial charge is 0.205 e. The van der Waals surface area contributed by atoms with Crippen molar-refractivity contribution < 1.29 is 10.2 Å². The van der Waals surface area contributed by atoms with Gasteiger partial charge in [0, 0.05) is 0 Å². The monoisotopic (exact) mass is 200 g/mol. The highest BCUT2D eigenvalue weighted by Crippen LogP contribution is 2.27. The van der Waals surface area contributed by atoms with Crippen LogP contribution >= 0.6 is 0 Å². The van der Waals surface area contributed by atoms with Crippen molar-refractivity contribution in [1.82, 2.24) is 20.2 Å². The second-order valence-corrected chi connectivity index (χ2v) is 4.39. The molecule has 0 aliphatic rings. The Morgan fingerprint density at radius 1 is 1.29 bits per heavy atom. The van der Waals surface area contributed by atoms with Gasteiger partial charge >= 0.3 is 0 Å². The molecular weight excluding hydrogens is 184 g/mol. The lowest BCUT2D eigenvalue weighted by Gasteiger charge is -2.28. The van der Waals surface area contributed by atoms with Crippen LogP contribution < -0.4 is 0 Å². The average molecular weight is 200 g/mol. The number of aromatic nitrogens is 4. The molecule has 0 saturated carbocycles. The highest BCUT2D eigenvalue weighted by molar-refractivity contribution is 4.92. The predicted octanol–water partition coefficient (Wildman–Crippen LogP) is -0.350. The van der Waals surface area contributed by atoms with Gasteiger partial charge in [-0.2, -0.15) is 4.80 Å². The highest BCUT2D eigenvalue weighted by atomic mass is 16.3. The van der Waals surface area contributed by atoms with E-state index in [9.17, 15) is 10.2 Å². The van der Waals surface area contributed by atoms with Gasteiger partial charge in [-0.05, 0) is 10.6 Å². The maximum Gasteiger partial charge on any atom is 0.205 e. The van der Waals surface area contributed by atoms with Crippen LogP contribution in [0, 0.1) is 5.41 Å². The number of nitrogens with zero attached hydrogens (tertiary/aromatic N) is 4. The van der Waals surface area contributed by atoms with Crippen LogP contribution in [0.25, 0.3) is 0 Å². The average Bonchev–Trinajstić information content (AvgIpc) is 2.47. The quantitative estimate of drug-likeness (QED) is 0.681. The standard InChI is InChI=1S/C8H16N4O2/c1-8(2,3)6(14)5(13)7-9-11-12(4)10-7/h5-6,13-14H,1-4H3. The Balaban J connectivity index is 2.80. The molecule has 0 aliphatic heterocycles. The van der Waals surface area contributed by atoms with Crippen LogP contribution in [0.4, 0.5) is 0 Å². The van der Waals surface area contributed by atoms with Gasteiger partial charge in [0.15, 0.2) is 0 Å². The zero-order valence-corrected chi connectivity index (χ0v) is 8.84. The molecule has 2 atom stereocenters. The summed E-state index contributed by atoms with van der Waals surface area (Å²) in [6.45, 7) is 5.49. The molecule has 80 valence electrons. The Morgan fingerprint density at radius 3 is 2.21 bits per heavy atom. The van der Waals surface area contributed by atoms with Crippen molar-refractivity contribution >= 4 is 0 Å². The van der Waals surface area contributed by atoms with Crippen LogP contribution in [-0.4, -0.2) is 36.5 Å². The molecule has 0 aliphatic carbocycles. The van der Waals surface area contributed by atoms with Gasteiger partial charge in [-0.15, -0.1) is 10.2 Å². The van der Waals surface area contributed by atoms with Crippen molar-refractivity contribution in [3.05, 3.63) is 5.82 Å². The molecule has 0 fully saturated rings. The topological polar surface area (TPSA) is 84.1 Å². The zero-order chi connectivity index (χ0) is 10.9. The Hall–Kier alpha value is -1.01. The second-order valence-electron chi connectivity index (χ2n) is 4.39. The fraction of sp³-hybridized carbons (Fsp3) is 0.875. The van der Waals surface area contributed by atoms with E-state index >= 15 is 0 Å². The van der Waals surface area contributed by atoms with E-state index < -0.39 is 17.6 Å². The van der Waals surface area contributed by atoms with E-state index in [-0.39, 0.29) is 5.82 Å². The van der Waals surface area contributed by atoms with Crippen molar-refractivity contribution in [2.24, 2.45) is 12.5 Å². The number of aliphatic hydroxyl groups is 2. The summed E-state index contributed by atoms with van der Waals surface area (Å²) in [5.41, 5.74) is -0.418. The summed E-state index contributed by atoms with van der Waals surface area (Å²) in [6.07, 6.45) is -2.00. The molecule has 0 bridgehead atoms. The van der Waals surface area contributed by atoms with Gasteiger partial charge < -0.3 is 10.2 Å². The maximum atomic E-state index is 9.75. The van der Waals surface area contributed by atoms with Crippen LogP contribution in [0.3, 0.4) is 0 Å². The fourth-order valence-corrected chi connectivity index (χ4v) is 1.03. The van der Waals surface area contributed by atoms with Crippen molar-refractivity contribution in [3.63, 3.8) is 0 Å². The van der Waals surface area contributed by atoms with E-state index in [0.29, 0.717) is 0 Å². The summed E-state index contributed by atoms with van der Waals surface area (Å²) in [4.78, 5) is 1.24. The minimum absolute atomic E-state index is 0.148. The van der Waals surface area contributed by atoms with Crippen molar-refractivity contribution in [2.75, 3.05) is 0 Å². The molecule has 2 N–H and O–H groups in total. The van der Waals surface area contributed by atoms with Gasteiger partial charge in [-0.3, -0.25) is 0 Å². The molecule has 2 unspecified atom stereocenters. The highest BCUT2D eigenvalue weighted by Gasteiger charge is 2.32. The SMILES string of the molecule is Cn1nnc(C(O)C(O)C(C)(C)C)n1. The molecule has 0 aromatic carbocycles. The van der Waals surface area contributed by atoms with Crippen LogP contribution in [0.5, 0.6) is 0 Å². The Morgan fingerprint density at radius 2 is 1.86 bits per heavy atom. The molecule has 6 heteroatoms. The Bertz CT molecular complexity index is 305. The lowest BCUT2D eigenvalue weighted by molar-refractivity contribution is -0.0498. The summed E-state index contributed by atoms with van der Waals surface area (Å²) < 4.78 is 0. The van der Waals surface area contributed by atoms with Gasteiger partial charge in [-0.25, -0.2) is 0 Å². The van der Waals surface area contributed by atoms with Gasteiger partial charge in [-0.1, -0.05) is 20.8 Å². The fourth-order valence-electron chi connectivity index (χ4n) is 1.03. The third kappa shape index (κ3) is 2.27. The van der Waals surface area contributed by atoms with Crippen LogP contribution in [0.1, 0.15) is 32.7 Å². The first-order chi connectivity index (χ1) is 6.32. The number of aliphatic hydroxyl groups excluding tert-OH is 2. The molecule has 0 saturated heterocycles. The van der Waals surface area contributed by atoms with Crippen molar-refractivity contribution in [1.29, 1.82) is 0 Å². The maximum absolute atomic E-state index is 9.75. The lowest BCUT2D eigenvalue weighted by atomic mass is 9.85. The number of hydrogen-bond donors (Lipinski definition) is 2.